The minimum absolute atomic E-state index is 0.0582. The van der Waals surface area contributed by atoms with Gasteiger partial charge in [0, 0.05) is 11.4 Å². The second kappa shape index (κ2) is 10.5. The van der Waals surface area contributed by atoms with Crippen LogP contribution in [0.5, 0.6) is 5.75 Å². The number of carbonyl (C=O) groups is 1. The molecule has 1 fully saturated rings. The highest BCUT2D eigenvalue weighted by Crippen LogP contribution is 2.27. The van der Waals surface area contributed by atoms with Crippen molar-refractivity contribution in [1.82, 2.24) is 10.2 Å². The molecule has 0 aliphatic carbocycles. The van der Waals surface area contributed by atoms with Gasteiger partial charge < -0.3 is 10.1 Å². The van der Waals surface area contributed by atoms with E-state index in [0.29, 0.717) is 6.54 Å². The van der Waals surface area contributed by atoms with E-state index < -0.39 is 0 Å². The van der Waals surface area contributed by atoms with Gasteiger partial charge in [0.25, 0.3) is 5.91 Å². The first-order chi connectivity index (χ1) is 13.3. The third-order valence-electron chi connectivity index (χ3n) is 5.15. The highest BCUT2D eigenvalue weighted by atomic mass is 32.1. The number of ether oxygens (including phenoxy) is 1. The molecule has 4 nitrogen and oxygen atoms in total. The monoisotopic (exact) mass is 386 g/mol. The fourth-order valence-electron chi connectivity index (χ4n) is 3.53. The van der Waals surface area contributed by atoms with Crippen LogP contribution in [-0.2, 0) is 11.2 Å². The van der Waals surface area contributed by atoms with Crippen molar-refractivity contribution in [3.05, 3.63) is 52.2 Å². The zero-order valence-corrected chi connectivity index (χ0v) is 17.0. The number of amides is 1. The van der Waals surface area contributed by atoms with E-state index in [1.165, 1.54) is 36.1 Å². The van der Waals surface area contributed by atoms with Crippen LogP contribution in [0.15, 0.2) is 41.8 Å². The van der Waals surface area contributed by atoms with E-state index >= 15 is 0 Å². The number of hydrogen-bond acceptors (Lipinski definition) is 4. The van der Waals surface area contributed by atoms with E-state index in [9.17, 15) is 4.79 Å². The normalized spacial score (nSPS) is 16.5. The van der Waals surface area contributed by atoms with Crippen molar-refractivity contribution in [3.63, 3.8) is 0 Å². The fourth-order valence-corrected chi connectivity index (χ4v) is 4.39. The molecule has 1 N–H and O–H groups in total. The predicted octanol–water partition coefficient (Wildman–Crippen LogP) is 4.42. The van der Waals surface area contributed by atoms with Gasteiger partial charge in [0.2, 0.25) is 0 Å². The fraction of sp³-hybridized carbons (Fsp3) is 0.500. The number of rotatable bonds is 8. The summed E-state index contributed by atoms with van der Waals surface area (Å²) in [5.41, 5.74) is 1.27. The summed E-state index contributed by atoms with van der Waals surface area (Å²) in [6, 6.07) is 12.5. The van der Waals surface area contributed by atoms with Gasteiger partial charge in [0.05, 0.1) is 6.04 Å². The third-order valence-corrected chi connectivity index (χ3v) is 6.12. The molecule has 2 aromatic rings. The highest BCUT2D eigenvalue weighted by molar-refractivity contribution is 7.10. The average Bonchev–Trinajstić information content (AvgIpc) is 3.10. The van der Waals surface area contributed by atoms with E-state index in [4.69, 9.17) is 4.74 Å². The van der Waals surface area contributed by atoms with Crippen LogP contribution in [0, 0.1) is 0 Å². The lowest BCUT2D eigenvalue weighted by Gasteiger charge is -2.30. The zero-order chi connectivity index (χ0) is 18.9. The molecule has 1 aliphatic heterocycles. The summed E-state index contributed by atoms with van der Waals surface area (Å²) in [4.78, 5) is 16.2. The van der Waals surface area contributed by atoms with Crippen molar-refractivity contribution >= 4 is 17.2 Å². The zero-order valence-electron chi connectivity index (χ0n) is 16.2. The van der Waals surface area contributed by atoms with E-state index in [-0.39, 0.29) is 18.6 Å². The van der Waals surface area contributed by atoms with E-state index in [1.54, 1.807) is 11.3 Å². The molecule has 1 atom stereocenters. The molecule has 3 rings (SSSR count). The third kappa shape index (κ3) is 6.08. The summed E-state index contributed by atoms with van der Waals surface area (Å²) in [7, 11) is 0. The maximum Gasteiger partial charge on any atom is 0.258 e. The van der Waals surface area contributed by atoms with E-state index in [0.717, 1.165) is 25.3 Å². The lowest BCUT2D eigenvalue weighted by atomic mass is 10.2. The molecule has 1 saturated heterocycles. The van der Waals surface area contributed by atoms with Crippen molar-refractivity contribution in [2.45, 2.75) is 45.1 Å². The molecule has 1 aromatic heterocycles. The predicted molar refractivity (Wildman–Crippen MR) is 111 cm³/mol. The number of thiophene rings is 1. The summed E-state index contributed by atoms with van der Waals surface area (Å²) in [6.45, 7) is 5.04. The maximum absolute atomic E-state index is 12.3. The van der Waals surface area contributed by atoms with Crippen molar-refractivity contribution in [1.29, 1.82) is 0 Å². The molecule has 1 aliphatic rings. The van der Waals surface area contributed by atoms with Gasteiger partial charge in [-0.15, -0.1) is 11.3 Å². The van der Waals surface area contributed by atoms with Gasteiger partial charge in [-0.1, -0.05) is 38.0 Å². The Morgan fingerprint density at radius 1 is 1.15 bits per heavy atom. The molecular weight excluding hydrogens is 356 g/mol. The first kappa shape index (κ1) is 19.9. The van der Waals surface area contributed by atoms with Gasteiger partial charge in [-0.25, -0.2) is 0 Å². The summed E-state index contributed by atoms with van der Waals surface area (Å²) in [6.07, 6.45) is 6.11. The molecule has 1 aromatic carbocycles. The minimum Gasteiger partial charge on any atom is -0.484 e. The Labute approximate surface area is 166 Å². The van der Waals surface area contributed by atoms with Crippen molar-refractivity contribution in [3.8, 4) is 5.75 Å². The second-order valence-corrected chi connectivity index (χ2v) is 8.05. The summed E-state index contributed by atoms with van der Waals surface area (Å²) < 4.78 is 5.63. The Bertz CT molecular complexity index is 677. The molecule has 0 unspecified atom stereocenters. The lowest BCUT2D eigenvalue weighted by Crippen LogP contribution is -2.39. The molecule has 1 amide bonds. The van der Waals surface area contributed by atoms with Gasteiger partial charge in [0.1, 0.15) is 5.75 Å². The Morgan fingerprint density at radius 2 is 1.89 bits per heavy atom. The summed E-state index contributed by atoms with van der Waals surface area (Å²) >= 11 is 1.77. The van der Waals surface area contributed by atoms with Gasteiger partial charge >= 0.3 is 0 Å². The number of aryl methyl sites for hydroxylation is 1. The molecule has 27 heavy (non-hydrogen) atoms. The number of hydrogen-bond donors (Lipinski definition) is 1. The molecule has 0 bridgehead atoms. The van der Waals surface area contributed by atoms with E-state index in [2.05, 4.69) is 34.7 Å². The van der Waals surface area contributed by atoms with Crippen LogP contribution in [0.1, 0.15) is 49.1 Å². The molecule has 0 saturated carbocycles. The Balaban J connectivity index is 1.52. The number of carbonyl (C=O) groups excluding carboxylic acids is 1. The lowest BCUT2D eigenvalue weighted by molar-refractivity contribution is -0.123. The van der Waals surface area contributed by atoms with Crippen LogP contribution in [-0.4, -0.2) is 37.0 Å². The van der Waals surface area contributed by atoms with Crippen molar-refractivity contribution < 1.29 is 9.53 Å². The molecule has 0 spiro atoms. The van der Waals surface area contributed by atoms with Crippen LogP contribution >= 0.6 is 11.3 Å². The summed E-state index contributed by atoms with van der Waals surface area (Å²) in [5, 5.41) is 5.20. The summed E-state index contributed by atoms with van der Waals surface area (Å²) in [5.74, 6) is 0.677. The van der Waals surface area contributed by atoms with Crippen LogP contribution in [0.2, 0.25) is 0 Å². The number of likely N-dealkylation sites (tertiary alicyclic amines) is 1. The molecule has 146 valence electrons. The Morgan fingerprint density at radius 3 is 2.52 bits per heavy atom. The second-order valence-electron chi connectivity index (χ2n) is 7.07. The molecule has 5 heteroatoms. The quantitative estimate of drug-likeness (QED) is 0.730. The van der Waals surface area contributed by atoms with Gasteiger partial charge in [0.15, 0.2) is 6.61 Å². The van der Waals surface area contributed by atoms with Crippen molar-refractivity contribution in [2.24, 2.45) is 0 Å². The van der Waals surface area contributed by atoms with Gasteiger partial charge in [-0.2, -0.15) is 0 Å². The molecule has 0 radical (unpaired) electrons. The highest BCUT2D eigenvalue weighted by Gasteiger charge is 2.23. The van der Waals surface area contributed by atoms with Gasteiger partial charge in [-0.3, -0.25) is 9.69 Å². The Kier molecular flexibility index (Phi) is 7.72. The topological polar surface area (TPSA) is 41.6 Å². The first-order valence-corrected chi connectivity index (χ1v) is 10.9. The maximum atomic E-state index is 12.3. The largest absolute Gasteiger partial charge is 0.484 e. The molecule has 2 heterocycles. The Hall–Kier alpha value is -1.85. The SMILES string of the molecule is CCc1ccc(OCC(=O)NC[C@@H](c2cccs2)N2CCCCCC2)cc1. The minimum atomic E-state index is -0.0639. The first-order valence-electron chi connectivity index (χ1n) is 10.0. The van der Waals surface area contributed by atoms with Crippen LogP contribution < -0.4 is 10.1 Å². The number of nitrogens with zero attached hydrogens (tertiary/aromatic N) is 1. The van der Waals surface area contributed by atoms with Crippen LogP contribution in [0.25, 0.3) is 0 Å². The van der Waals surface area contributed by atoms with Crippen LogP contribution in [0.3, 0.4) is 0 Å². The smallest absolute Gasteiger partial charge is 0.258 e. The molecular formula is C22H30N2O2S. The van der Waals surface area contributed by atoms with Gasteiger partial charge in [-0.05, 0) is 61.5 Å². The number of benzene rings is 1. The van der Waals surface area contributed by atoms with Crippen molar-refractivity contribution in [2.75, 3.05) is 26.2 Å². The van der Waals surface area contributed by atoms with E-state index in [1.807, 2.05) is 24.3 Å². The number of nitrogens with one attached hydrogen (secondary N) is 1. The van der Waals surface area contributed by atoms with Crippen LogP contribution in [0.4, 0.5) is 0 Å². The average molecular weight is 387 g/mol. The standard InChI is InChI=1S/C22H30N2O2S/c1-2-18-9-11-19(12-10-18)26-17-22(25)23-16-20(21-8-7-15-27-21)24-13-5-3-4-6-14-24/h7-12,15,20H,2-6,13-14,16-17H2,1H3,(H,23,25)/t20-/m0/s1.